The summed E-state index contributed by atoms with van der Waals surface area (Å²) in [5.41, 5.74) is -3.80. The first-order chi connectivity index (χ1) is 14.9. The van der Waals surface area contributed by atoms with E-state index in [4.69, 9.17) is 0 Å². The van der Waals surface area contributed by atoms with E-state index in [2.05, 4.69) is 25.2 Å². The maximum Gasteiger partial charge on any atom is 0.573 e. The lowest BCUT2D eigenvalue weighted by molar-refractivity contribution is -0.274. The third-order valence-corrected chi connectivity index (χ3v) is 5.52. The summed E-state index contributed by atoms with van der Waals surface area (Å²) in [6, 6.07) is 2.48. The maximum absolute atomic E-state index is 13.7. The van der Waals surface area contributed by atoms with Gasteiger partial charge in [0.1, 0.15) is 17.4 Å². The standard InChI is InChI=1S/C18H17F6N5O3/c19-17(20,21)16(31)7-12(30)26-15-13(16)14(27-28-15)9-3-5-29(6-4-9)11-2-1-10(8-25-11)32-18(22,23)24/h1-2,8-9,31H,3-7H2,(H2,26,27,28,30). The zero-order chi connectivity index (χ0) is 23.3. The highest BCUT2D eigenvalue weighted by Crippen LogP contribution is 2.49. The van der Waals surface area contributed by atoms with Crippen LogP contribution in [0.15, 0.2) is 18.3 Å². The van der Waals surface area contributed by atoms with Crippen LogP contribution in [0.2, 0.25) is 0 Å². The van der Waals surface area contributed by atoms with Crippen molar-refractivity contribution >= 4 is 17.5 Å². The summed E-state index contributed by atoms with van der Waals surface area (Å²) in [6.07, 6.45) is -9.44. The minimum Gasteiger partial charge on any atom is -0.404 e. The fourth-order valence-corrected chi connectivity index (χ4v) is 4.04. The Labute approximate surface area is 176 Å². The van der Waals surface area contributed by atoms with Crippen LogP contribution in [-0.4, -0.2) is 51.8 Å². The number of alkyl halides is 6. The van der Waals surface area contributed by atoms with Gasteiger partial charge in [0.05, 0.1) is 23.9 Å². The van der Waals surface area contributed by atoms with Crippen molar-refractivity contribution in [2.24, 2.45) is 0 Å². The quantitative estimate of drug-likeness (QED) is 0.602. The molecule has 0 radical (unpaired) electrons. The zero-order valence-corrected chi connectivity index (χ0v) is 16.2. The summed E-state index contributed by atoms with van der Waals surface area (Å²) in [4.78, 5) is 17.4. The molecular formula is C18H17F6N5O3. The number of aromatic amines is 1. The van der Waals surface area contributed by atoms with Gasteiger partial charge in [-0.1, -0.05) is 0 Å². The molecule has 0 aromatic carbocycles. The number of piperidine rings is 1. The number of halogens is 6. The van der Waals surface area contributed by atoms with Crippen LogP contribution >= 0.6 is 0 Å². The van der Waals surface area contributed by atoms with Crippen LogP contribution in [-0.2, 0) is 10.4 Å². The van der Waals surface area contributed by atoms with Crippen molar-refractivity contribution in [1.29, 1.82) is 0 Å². The van der Waals surface area contributed by atoms with Gasteiger partial charge in [0, 0.05) is 19.0 Å². The van der Waals surface area contributed by atoms with Crippen molar-refractivity contribution in [2.75, 3.05) is 23.3 Å². The number of aliphatic hydroxyl groups is 1. The van der Waals surface area contributed by atoms with Gasteiger partial charge in [0.2, 0.25) is 5.91 Å². The van der Waals surface area contributed by atoms with Crippen molar-refractivity contribution in [3.63, 3.8) is 0 Å². The van der Waals surface area contributed by atoms with Crippen LogP contribution in [0.1, 0.15) is 36.4 Å². The lowest BCUT2D eigenvalue weighted by Crippen LogP contribution is -2.48. The molecule has 14 heteroatoms. The lowest BCUT2D eigenvalue weighted by Gasteiger charge is -2.36. The van der Waals surface area contributed by atoms with E-state index >= 15 is 0 Å². The largest absolute Gasteiger partial charge is 0.573 e. The second-order valence-corrected chi connectivity index (χ2v) is 7.60. The fraction of sp³-hybridized carbons (Fsp3) is 0.500. The Hall–Kier alpha value is -3.03. The maximum atomic E-state index is 13.7. The fourth-order valence-electron chi connectivity index (χ4n) is 4.04. The van der Waals surface area contributed by atoms with Crippen molar-refractivity contribution in [3.05, 3.63) is 29.6 Å². The topological polar surface area (TPSA) is 103 Å². The number of hydrogen-bond acceptors (Lipinski definition) is 6. The van der Waals surface area contributed by atoms with E-state index in [1.54, 1.807) is 4.90 Å². The Bertz CT molecular complexity index is 998. The molecule has 0 aliphatic carbocycles. The molecule has 2 aliphatic rings. The molecule has 1 amide bonds. The summed E-state index contributed by atoms with van der Waals surface area (Å²) >= 11 is 0. The number of carbonyl (C=O) groups excluding carboxylic acids is 1. The minimum absolute atomic E-state index is 0.0290. The van der Waals surface area contributed by atoms with Gasteiger partial charge in [-0.2, -0.15) is 18.3 Å². The van der Waals surface area contributed by atoms with E-state index in [1.807, 2.05) is 0 Å². The van der Waals surface area contributed by atoms with Crippen molar-refractivity contribution in [2.45, 2.75) is 43.3 Å². The van der Waals surface area contributed by atoms with Gasteiger partial charge in [-0.25, -0.2) is 4.98 Å². The molecule has 2 aliphatic heterocycles. The summed E-state index contributed by atoms with van der Waals surface area (Å²) in [5, 5.41) is 19.0. The molecule has 0 bridgehead atoms. The number of aromatic nitrogens is 3. The highest BCUT2D eigenvalue weighted by molar-refractivity contribution is 5.94. The Morgan fingerprint density at radius 3 is 2.41 bits per heavy atom. The van der Waals surface area contributed by atoms with Gasteiger partial charge in [0.25, 0.3) is 0 Å². The van der Waals surface area contributed by atoms with Gasteiger partial charge < -0.3 is 20.1 Å². The monoisotopic (exact) mass is 465 g/mol. The predicted molar refractivity (Wildman–Crippen MR) is 96.9 cm³/mol. The van der Waals surface area contributed by atoms with Crippen molar-refractivity contribution in [1.82, 2.24) is 15.2 Å². The second kappa shape index (κ2) is 7.53. The number of fused-ring (bicyclic) bond motifs is 1. The number of nitrogens with zero attached hydrogens (tertiary/aromatic N) is 3. The molecule has 2 aromatic rings. The van der Waals surface area contributed by atoms with Gasteiger partial charge in [-0.05, 0) is 25.0 Å². The molecular weight excluding hydrogens is 448 g/mol. The van der Waals surface area contributed by atoms with Crippen LogP contribution in [0, 0.1) is 0 Å². The third kappa shape index (κ3) is 4.06. The first-order valence-electron chi connectivity index (χ1n) is 9.52. The number of amides is 1. The number of H-pyrrole nitrogens is 1. The SMILES string of the molecule is O=C1CC(O)(C(F)(F)F)c2c(C3CCN(c4ccc(OC(F)(F)F)cn4)CC3)n[nH]c2N1. The van der Waals surface area contributed by atoms with Crippen molar-refractivity contribution < 1.29 is 41.0 Å². The molecule has 2 aromatic heterocycles. The van der Waals surface area contributed by atoms with Crippen LogP contribution in [0.4, 0.5) is 38.0 Å². The Kier molecular flexibility index (Phi) is 5.22. The lowest BCUT2D eigenvalue weighted by atomic mass is 9.81. The van der Waals surface area contributed by atoms with Crippen LogP contribution in [0.3, 0.4) is 0 Å². The number of hydrogen-bond donors (Lipinski definition) is 3. The molecule has 1 atom stereocenters. The number of anilines is 2. The summed E-state index contributed by atoms with van der Waals surface area (Å²) < 4.78 is 81.5. The number of ether oxygens (including phenoxy) is 1. The molecule has 0 saturated carbocycles. The van der Waals surface area contributed by atoms with E-state index in [9.17, 15) is 36.2 Å². The summed E-state index contributed by atoms with van der Waals surface area (Å²) in [7, 11) is 0. The number of nitrogens with one attached hydrogen (secondary N) is 2. The highest BCUT2D eigenvalue weighted by Gasteiger charge is 2.61. The summed E-state index contributed by atoms with van der Waals surface area (Å²) in [5.74, 6) is -1.77. The molecule has 8 nitrogen and oxygen atoms in total. The Balaban J connectivity index is 1.50. The van der Waals surface area contributed by atoms with E-state index in [-0.39, 0.29) is 11.5 Å². The Morgan fingerprint density at radius 1 is 1.16 bits per heavy atom. The zero-order valence-electron chi connectivity index (χ0n) is 16.2. The van der Waals surface area contributed by atoms with Gasteiger partial charge >= 0.3 is 12.5 Å². The minimum atomic E-state index is -5.08. The summed E-state index contributed by atoms with van der Waals surface area (Å²) in [6.45, 7) is 0.686. The van der Waals surface area contributed by atoms with E-state index in [1.165, 1.54) is 6.07 Å². The molecule has 1 fully saturated rings. The van der Waals surface area contributed by atoms with Gasteiger partial charge in [0.15, 0.2) is 5.60 Å². The number of rotatable bonds is 3. The van der Waals surface area contributed by atoms with E-state index < -0.39 is 47.7 Å². The molecule has 1 saturated heterocycles. The second-order valence-electron chi connectivity index (χ2n) is 7.60. The van der Waals surface area contributed by atoms with E-state index in [0.717, 1.165) is 12.3 Å². The molecule has 4 rings (SSSR count). The van der Waals surface area contributed by atoms with Crippen LogP contribution < -0.4 is 15.0 Å². The molecule has 4 heterocycles. The van der Waals surface area contributed by atoms with Crippen LogP contribution in [0.5, 0.6) is 5.75 Å². The smallest absolute Gasteiger partial charge is 0.404 e. The van der Waals surface area contributed by atoms with Gasteiger partial charge in [-0.3, -0.25) is 9.89 Å². The van der Waals surface area contributed by atoms with Gasteiger partial charge in [-0.15, -0.1) is 13.2 Å². The first-order valence-corrected chi connectivity index (χ1v) is 9.52. The average molecular weight is 465 g/mol. The highest BCUT2D eigenvalue weighted by atomic mass is 19.4. The molecule has 174 valence electrons. The average Bonchev–Trinajstić information content (AvgIpc) is 3.11. The predicted octanol–water partition coefficient (Wildman–Crippen LogP) is 3.18. The molecule has 0 spiro atoms. The number of pyridine rings is 1. The first kappa shape index (κ1) is 22.2. The molecule has 1 unspecified atom stereocenters. The third-order valence-electron chi connectivity index (χ3n) is 5.52. The Morgan fingerprint density at radius 2 is 1.84 bits per heavy atom. The normalized spacial score (nSPS) is 22.5. The molecule has 32 heavy (non-hydrogen) atoms. The van der Waals surface area contributed by atoms with E-state index in [0.29, 0.717) is 31.7 Å². The van der Waals surface area contributed by atoms with Crippen molar-refractivity contribution in [3.8, 4) is 5.75 Å². The molecule has 3 N–H and O–H groups in total. The van der Waals surface area contributed by atoms with Crippen LogP contribution in [0.25, 0.3) is 0 Å². The number of carbonyl (C=O) groups is 1.